The highest BCUT2D eigenvalue weighted by atomic mass is 16.2. The minimum absolute atomic E-state index is 0.472. The van der Waals surface area contributed by atoms with E-state index in [0.29, 0.717) is 13.1 Å². The molecule has 13 heavy (non-hydrogen) atoms. The normalized spacial score (nSPS) is 9.23. The summed E-state index contributed by atoms with van der Waals surface area (Å²) in [5, 5.41) is 5.43. The fourth-order valence-electron chi connectivity index (χ4n) is 0.772. The van der Waals surface area contributed by atoms with Crippen molar-refractivity contribution in [3.63, 3.8) is 0 Å². The fraction of sp³-hybridized carbons (Fsp3) is 0.286. The van der Waals surface area contributed by atoms with E-state index in [1.807, 2.05) is 0 Å². The highest BCUT2D eigenvalue weighted by Gasteiger charge is 1.92. The van der Waals surface area contributed by atoms with E-state index < -0.39 is 6.03 Å². The van der Waals surface area contributed by atoms with Gasteiger partial charge in [0.2, 0.25) is 0 Å². The molecule has 70 valence electrons. The third kappa shape index (κ3) is 3.90. The topological polar surface area (TPSA) is 92.9 Å². The van der Waals surface area contributed by atoms with Gasteiger partial charge in [-0.3, -0.25) is 0 Å². The van der Waals surface area contributed by atoms with Gasteiger partial charge in [-0.25, -0.2) is 14.8 Å². The molecule has 0 unspecified atom stereocenters. The van der Waals surface area contributed by atoms with Gasteiger partial charge in [0, 0.05) is 19.3 Å². The molecule has 0 spiro atoms. The predicted octanol–water partition coefficient (Wildman–Crippen LogP) is -0.443. The highest BCUT2D eigenvalue weighted by Crippen LogP contribution is 1.95. The Bertz CT molecular complexity index is 263. The van der Waals surface area contributed by atoms with Gasteiger partial charge in [-0.15, -0.1) is 0 Å². The molecule has 1 heterocycles. The zero-order valence-electron chi connectivity index (χ0n) is 7.03. The lowest BCUT2D eigenvalue weighted by atomic mass is 10.5. The van der Waals surface area contributed by atoms with E-state index >= 15 is 0 Å². The number of hydrogen-bond acceptors (Lipinski definition) is 4. The first kappa shape index (κ1) is 9.24. The maximum atomic E-state index is 10.3. The number of hydrogen-bond donors (Lipinski definition) is 3. The Morgan fingerprint density at radius 2 is 2.38 bits per heavy atom. The fourth-order valence-corrected chi connectivity index (χ4v) is 0.772. The maximum absolute atomic E-state index is 10.3. The second-order valence-electron chi connectivity index (χ2n) is 2.31. The Labute approximate surface area is 75.6 Å². The van der Waals surface area contributed by atoms with Crippen LogP contribution in [-0.4, -0.2) is 29.1 Å². The molecule has 0 aromatic carbocycles. The lowest BCUT2D eigenvalue weighted by molar-refractivity contribution is 0.249. The molecule has 2 amide bonds. The smallest absolute Gasteiger partial charge is 0.312 e. The van der Waals surface area contributed by atoms with Crippen molar-refractivity contribution < 1.29 is 4.79 Å². The summed E-state index contributed by atoms with van der Waals surface area (Å²) >= 11 is 0. The van der Waals surface area contributed by atoms with Gasteiger partial charge < -0.3 is 16.4 Å². The zero-order chi connectivity index (χ0) is 9.52. The number of aromatic nitrogens is 2. The van der Waals surface area contributed by atoms with Crippen molar-refractivity contribution in [3.8, 4) is 0 Å². The number of anilines is 1. The SMILES string of the molecule is NC(=O)NCCNc1ccncn1. The van der Waals surface area contributed by atoms with Crippen LogP contribution < -0.4 is 16.4 Å². The Kier molecular flexibility index (Phi) is 3.49. The molecule has 0 fully saturated rings. The molecule has 1 rings (SSSR count). The van der Waals surface area contributed by atoms with Gasteiger partial charge in [-0.2, -0.15) is 0 Å². The van der Waals surface area contributed by atoms with Crippen molar-refractivity contribution in [2.45, 2.75) is 0 Å². The molecule has 4 N–H and O–H groups in total. The number of nitrogens with zero attached hydrogens (tertiary/aromatic N) is 2. The van der Waals surface area contributed by atoms with Crippen molar-refractivity contribution in [1.29, 1.82) is 0 Å². The van der Waals surface area contributed by atoms with Crippen LogP contribution in [0.2, 0.25) is 0 Å². The van der Waals surface area contributed by atoms with Crippen molar-refractivity contribution in [3.05, 3.63) is 18.6 Å². The standard InChI is InChI=1S/C7H11N5O/c8-7(13)11-4-3-10-6-1-2-9-5-12-6/h1-2,5H,3-4H2,(H3,8,11,13)(H,9,10,12). The average Bonchev–Trinajstić information content (AvgIpc) is 2.14. The molecule has 0 saturated heterocycles. The minimum atomic E-state index is -0.524. The number of rotatable bonds is 4. The third-order valence-electron chi connectivity index (χ3n) is 1.31. The van der Waals surface area contributed by atoms with Crippen LogP contribution in [0.1, 0.15) is 0 Å². The van der Waals surface area contributed by atoms with E-state index in [-0.39, 0.29) is 0 Å². The van der Waals surface area contributed by atoms with Crippen molar-refractivity contribution in [1.82, 2.24) is 15.3 Å². The molecule has 0 aliphatic rings. The van der Waals surface area contributed by atoms with Gasteiger partial charge in [0.25, 0.3) is 0 Å². The molecule has 0 atom stereocenters. The molecule has 0 aliphatic heterocycles. The van der Waals surface area contributed by atoms with Crippen LogP contribution in [0.15, 0.2) is 18.6 Å². The molecule has 1 aromatic rings. The van der Waals surface area contributed by atoms with E-state index in [1.165, 1.54) is 6.33 Å². The van der Waals surface area contributed by atoms with Crippen molar-refractivity contribution in [2.75, 3.05) is 18.4 Å². The number of urea groups is 1. The molecule has 0 radical (unpaired) electrons. The summed E-state index contributed by atoms with van der Waals surface area (Å²) in [4.78, 5) is 18.0. The van der Waals surface area contributed by atoms with Crippen LogP contribution in [0.25, 0.3) is 0 Å². The second-order valence-corrected chi connectivity index (χ2v) is 2.31. The van der Waals surface area contributed by atoms with E-state index in [9.17, 15) is 4.79 Å². The first-order valence-electron chi connectivity index (χ1n) is 3.82. The molecule has 0 saturated carbocycles. The van der Waals surface area contributed by atoms with Crippen LogP contribution in [-0.2, 0) is 0 Å². The summed E-state index contributed by atoms with van der Waals surface area (Å²) in [7, 11) is 0. The van der Waals surface area contributed by atoms with Crippen molar-refractivity contribution >= 4 is 11.8 Å². The van der Waals surface area contributed by atoms with Gasteiger partial charge in [0.05, 0.1) is 0 Å². The predicted molar refractivity (Wildman–Crippen MR) is 48.1 cm³/mol. The van der Waals surface area contributed by atoms with E-state index in [0.717, 1.165) is 5.82 Å². The Morgan fingerprint density at radius 1 is 1.54 bits per heavy atom. The van der Waals surface area contributed by atoms with Crippen LogP contribution in [0.4, 0.5) is 10.6 Å². The minimum Gasteiger partial charge on any atom is -0.368 e. The van der Waals surface area contributed by atoms with Gasteiger partial charge in [0.1, 0.15) is 12.1 Å². The monoisotopic (exact) mass is 181 g/mol. The van der Waals surface area contributed by atoms with Crippen LogP contribution in [0.5, 0.6) is 0 Å². The number of nitrogens with two attached hydrogens (primary N) is 1. The number of carbonyl (C=O) groups excluding carboxylic acids is 1. The summed E-state index contributed by atoms with van der Waals surface area (Å²) in [6, 6.07) is 1.22. The van der Waals surface area contributed by atoms with Gasteiger partial charge in [0.15, 0.2) is 0 Å². The lowest BCUT2D eigenvalue weighted by Gasteiger charge is -2.04. The number of carbonyl (C=O) groups is 1. The van der Waals surface area contributed by atoms with Gasteiger partial charge in [-0.05, 0) is 6.07 Å². The molecular formula is C7H11N5O. The average molecular weight is 181 g/mol. The first-order chi connectivity index (χ1) is 6.29. The molecule has 1 aromatic heterocycles. The highest BCUT2D eigenvalue weighted by molar-refractivity contribution is 5.71. The Hall–Kier alpha value is -1.85. The zero-order valence-corrected chi connectivity index (χ0v) is 7.03. The van der Waals surface area contributed by atoms with Crippen LogP contribution in [0, 0.1) is 0 Å². The summed E-state index contributed by atoms with van der Waals surface area (Å²) in [5.74, 6) is 0.723. The quantitative estimate of drug-likeness (QED) is 0.549. The maximum Gasteiger partial charge on any atom is 0.312 e. The van der Waals surface area contributed by atoms with E-state index in [2.05, 4.69) is 20.6 Å². The molecule has 6 nitrogen and oxygen atoms in total. The first-order valence-corrected chi connectivity index (χ1v) is 3.82. The Morgan fingerprint density at radius 3 is 3.00 bits per heavy atom. The Balaban J connectivity index is 2.17. The van der Waals surface area contributed by atoms with E-state index in [4.69, 9.17) is 5.73 Å². The second kappa shape index (κ2) is 4.91. The summed E-state index contributed by atoms with van der Waals surface area (Å²) < 4.78 is 0. The van der Waals surface area contributed by atoms with E-state index in [1.54, 1.807) is 12.3 Å². The van der Waals surface area contributed by atoms with Gasteiger partial charge >= 0.3 is 6.03 Å². The summed E-state index contributed by atoms with van der Waals surface area (Å²) in [6.07, 6.45) is 3.08. The molecule has 0 aliphatic carbocycles. The van der Waals surface area contributed by atoms with Gasteiger partial charge in [-0.1, -0.05) is 0 Å². The number of nitrogens with one attached hydrogen (secondary N) is 2. The summed E-state index contributed by atoms with van der Waals surface area (Å²) in [6.45, 7) is 1.05. The van der Waals surface area contributed by atoms with Crippen LogP contribution in [0.3, 0.4) is 0 Å². The number of amides is 2. The van der Waals surface area contributed by atoms with Crippen LogP contribution >= 0.6 is 0 Å². The molecule has 0 bridgehead atoms. The molecule has 6 heteroatoms. The largest absolute Gasteiger partial charge is 0.368 e. The lowest BCUT2D eigenvalue weighted by Crippen LogP contribution is -2.33. The third-order valence-corrected chi connectivity index (χ3v) is 1.31. The summed E-state index contributed by atoms with van der Waals surface area (Å²) in [5.41, 5.74) is 4.87. The van der Waals surface area contributed by atoms with Crippen molar-refractivity contribution in [2.24, 2.45) is 5.73 Å². The molecular weight excluding hydrogens is 170 g/mol. The number of primary amides is 1.